The first-order valence-electron chi connectivity index (χ1n) is 7.31. The summed E-state index contributed by atoms with van der Waals surface area (Å²) in [5.41, 5.74) is 2.74. The first-order chi connectivity index (χ1) is 10.3. The lowest BCUT2D eigenvalue weighted by Gasteiger charge is -2.31. The van der Waals surface area contributed by atoms with Crippen molar-refractivity contribution in [2.24, 2.45) is 0 Å². The molecule has 1 aliphatic carbocycles. The molecule has 1 saturated carbocycles. The van der Waals surface area contributed by atoms with Crippen LogP contribution in [-0.2, 0) is 16.0 Å². The van der Waals surface area contributed by atoms with Crippen molar-refractivity contribution in [1.82, 2.24) is 0 Å². The third-order valence-electron chi connectivity index (χ3n) is 4.14. The van der Waals surface area contributed by atoms with Gasteiger partial charge in [0, 0.05) is 0 Å². The Hall–Kier alpha value is -1.56. The van der Waals surface area contributed by atoms with Crippen molar-refractivity contribution < 1.29 is 27.8 Å². The number of aliphatic carboxylic acids is 1. The van der Waals surface area contributed by atoms with Crippen molar-refractivity contribution in [2.45, 2.75) is 57.4 Å². The van der Waals surface area contributed by atoms with Crippen LogP contribution in [-0.4, -0.2) is 23.5 Å². The van der Waals surface area contributed by atoms with Gasteiger partial charge >= 0.3 is 12.3 Å². The van der Waals surface area contributed by atoms with Crippen LogP contribution >= 0.6 is 0 Å². The number of carbonyl (C=O) groups is 1. The Morgan fingerprint density at radius 3 is 2.45 bits per heavy atom. The average molecular weight is 316 g/mol. The molecule has 22 heavy (non-hydrogen) atoms. The number of benzene rings is 1. The third-order valence-corrected chi connectivity index (χ3v) is 4.14. The van der Waals surface area contributed by atoms with E-state index in [1.54, 1.807) is 6.07 Å². The molecule has 0 radical (unpaired) electrons. The van der Waals surface area contributed by atoms with Gasteiger partial charge in [0.2, 0.25) is 0 Å². The maximum atomic E-state index is 12.2. The van der Waals surface area contributed by atoms with Crippen LogP contribution in [0.4, 0.5) is 13.2 Å². The summed E-state index contributed by atoms with van der Waals surface area (Å²) in [4.78, 5) is 11.0. The molecule has 0 aromatic heterocycles. The minimum atomic E-state index is -4.59. The number of ether oxygens (including phenoxy) is 1. The molecule has 0 unspecified atom stereocenters. The third kappa shape index (κ3) is 4.47. The van der Waals surface area contributed by atoms with Crippen molar-refractivity contribution in [3.63, 3.8) is 0 Å². The summed E-state index contributed by atoms with van der Waals surface area (Å²) in [6.45, 7) is 1.92. The number of hydrogen-bond acceptors (Lipinski definition) is 2. The van der Waals surface area contributed by atoms with Gasteiger partial charge in [0.15, 0.2) is 0 Å². The number of hydrogen-bond donors (Lipinski definition) is 1. The van der Waals surface area contributed by atoms with Gasteiger partial charge in [-0.15, -0.1) is 13.2 Å². The molecule has 2 rings (SSSR count). The fourth-order valence-corrected chi connectivity index (χ4v) is 3.30. The first kappa shape index (κ1) is 16.8. The standard InChI is InChI=1S/C16H19F3O3/c1-10-3-2-4-12(9-14(20)21)15(10)11-5-7-13(8-6-11)22-16(17,18)19/h2-4,11,13H,5-9H2,1H3,(H,20,21). The summed E-state index contributed by atoms with van der Waals surface area (Å²) in [5.74, 6) is -0.801. The Morgan fingerprint density at radius 2 is 1.91 bits per heavy atom. The lowest BCUT2D eigenvalue weighted by molar-refractivity contribution is -0.345. The van der Waals surface area contributed by atoms with E-state index in [-0.39, 0.29) is 12.3 Å². The highest BCUT2D eigenvalue weighted by Crippen LogP contribution is 2.38. The summed E-state index contributed by atoms with van der Waals surface area (Å²) in [5, 5.41) is 9.01. The largest absolute Gasteiger partial charge is 0.522 e. The average Bonchev–Trinajstić information content (AvgIpc) is 2.38. The maximum Gasteiger partial charge on any atom is 0.522 e. The van der Waals surface area contributed by atoms with Crippen molar-refractivity contribution in [3.8, 4) is 0 Å². The van der Waals surface area contributed by atoms with E-state index >= 15 is 0 Å². The van der Waals surface area contributed by atoms with Gasteiger partial charge in [0.25, 0.3) is 0 Å². The number of alkyl halides is 3. The molecule has 1 aliphatic rings. The number of carboxylic acid groups (broad SMARTS) is 1. The van der Waals surface area contributed by atoms with Crippen LogP contribution in [0.3, 0.4) is 0 Å². The topological polar surface area (TPSA) is 46.5 Å². The van der Waals surface area contributed by atoms with Crippen LogP contribution in [0.1, 0.15) is 48.3 Å². The number of carboxylic acids is 1. The van der Waals surface area contributed by atoms with Gasteiger partial charge < -0.3 is 5.11 Å². The second-order valence-electron chi connectivity index (χ2n) is 5.76. The van der Waals surface area contributed by atoms with E-state index in [0.717, 1.165) is 16.7 Å². The van der Waals surface area contributed by atoms with E-state index in [4.69, 9.17) is 5.11 Å². The van der Waals surface area contributed by atoms with Crippen molar-refractivity contribution in [3.05, 3.63) is 34.9 Å². The highest BCUT2D eigenvalue weighted by atomic mass is 19.4. The molecule has 122 valence electrons. The smallest absolute Gasteiger partial charge is 0.481 e. The molecule has 0 saturated heterocycles. The fraction of sp³-hybridized carbons (Fsp3) is 0.562. The zero-order chi connectivity index (χ0) is 16.3. The van der Waals surface area contributed by atoms with Crippen LogP contribution in [0.5, 0.6) is 0 Å². The van der Waals surface area contributed by atoms with E-state index in [2.05, 4.69) is 4.74 Å². The molecule has 0 amide bonds. The molecule has 0 atom stereocenters. The van der Waals surface area contributed by atoms with Crippen LogP contribution in [0.15, 0.2) is 18.2 Å². The normalized spacial score (nSPS) is 22.5. The predicted octanol–water partition coefficient (Wildman–Crippen LogP) is 4.18. The predicted molar refractivity (Wildman–Crippen MR) is 74.7 cm³/mol. The molecule has 3 nitrogen and oxygen atoms in total. The zero-order valence-electron chi connectivity index (χ0n) is 12.3. The molecule has 1 N–H and O–H groups in total. The minimum absolute atomic E-state index is 0.0595. The number of aryl methyl sites for hydroxylation is 1. The molecule has 0 heterocycles. The molecule has 0 bridgehead atoms. The highest BCUT2D eigenvalue weighted by molar-refractivity contribution is 5.71. The Balaban J connectivity index is 2.09. The molecule has 0 aliphatic heterocycles. The van der Waals surface area contributed by atoms with Crippen LogP contribution in [0.25, 0.3) is 0 Å². The summed E-state index contributed by atoms with van der Waals surface area (Å²) in [6, 6.07) is 5.52. The summed E-state index contributed by atoms with van der Waals surface area (Å²) < 4.78 is 40.8. The first-order valence-corrected chi connectivity index (χ1v) is 7.31. The summed E-state index contributed by atoms with van der Waals surface area (Å²) in [6.07, 6.45) is -3.60. The van der Waals surface area contributed by atoms with E-state index in [1.165, 1.54) is 0 Å². The molecular weight excluding hydrogens is 297 g/mol. The maximum absolute atomic E-state index is 12.2. The van der Waals surface area contributed by atoms with Gasteiger partial charge in [-0.1, -0.05) is 18.2 Å². The Bertz CT molecular complexity index is 532. The van der Waals surface area contributed by atoms with E-state index in [1.807, 2.05) is 19.1 Å². The molecular formula is C16H19F3O3. The lowest BCUT2D eigenvalue weighted by atomic mass is 9.78. The molecule has 6 heteroatoms. The van der Waals surface area contributed by atoms with Crippen molar-refractivity contribution in [2.75, 3.05) is 0 Å². The van der Waals surface area contributed by atoms with Gasteiger partial charge in [-0.2, -0.15) is 0 Å². The van der Waals surface area contributed by atoms with E-state index < -0.39 is 18.4 Å². The summed E-state index contributed by atoms with van der Waals surface area (Å²) >= 11 is 0. The van der Waals surface area contributed by atoms with Gasteiger partial charge in [-0.05, 0) is 55.2 Å². The Morgan fingerprint density at radius 1 is 1.27 bits per heavy atom. The summed E-state index contributed by atoms with van der Waals surface area (Å²) in [7, 11) is 0. The second-order valence-corrected chi connectivity index (χ2v) is 5.76. The lowest BCUT2D eigenvalue weighted by Crippen LogP contribution is -2.28. The zero-order valence-corrected chi connectivity index (χ0v) is 12.3. The van der Waals surface area contributed by atoms with Crippen LogP contribution < -0.4 is 0 Å². The monoisotopic (exact) mass is 316 g/mol. The van der Waals surface area contributed by atoms with Gasteiger partial charge in [-0.25, -0.2) is 0 Å². The van der Waals surface area contributed by atoms with E-state index in [9.17, 15) is 18.0 Å². The van der Waals surface area contributed by atoms with Crippen LogP contribution in [0.2, 0.25) is 0 Å². The van der Waals surface area contributed by atoms with E-state index in [0.29, 0.717) is 25.7 Å². The van der Waals surface area contributed by atoms with Crippen LogP contribution in [0, 0.1) is 6.92 Å². The molecule has 1 aromatic rings. The number of rotatable bonds is 4. The van der Waals surface area contributed by atoms with Gasteiger partial charge in [0.1, 0.15) is 0 Å². The second kappa shape index (κ2) is 6.69. The van der Waals surface area contributed by atoms with Crippen molar-refractivity contribution >= 4 is 5.97 Å². The Labute approximate surface area is 127 Å². The van der Waals surface area contributed by atoms with Gasteiger partial charge in [-0.3, -0.25) is 9.53 Å². The minimum Gasteiger partial charge on any atom is -0.481 e. The fourth-order valence-electron chi connectivity index (χ4n) is 3.30. The molecule has 1 fully saturated rings. The van der Waals surface area contributed by atoms with Gasteiger partial charge in [0.05, 0.1) is 12.5 Å². The Kier molecular flexibility index (Phi) is 5.11. The molecule has 1 aromatic carbocycles. The number of halogens is 3. The van der Waals surface area contributed by atoms with Crippen molar-refractivity contribution in [1.29, 1.82) is 0 Å². The highest BCUT2D eigenvalue weighted by Gasteiger charge is 2.36. The SMILES string of the molecule is Cc1cccc(CC(=O)O)c1C1CCC(OC(F)(F)F)CC1. The quantitative estimate of drug-likeness (QED) is 0.906. The molecule has 0 spiro atoms.